The highest BCUT2D eigenvalue weighted by Crippen LogP contribution is 2.24. The Hall–Kier alpha value is -0.530. The third kappa shape index (κ3) is 1.02. The zero-order valence-electron chi connectivity index (χ0n) is 6.92. The second-order valence-electron chi connectivity index (χ2n) is 3.20. The number of β-lactam (4-membered cyclic amide) rings is 1. The molecular formula is C8H15NO. The summed E-state index contributed by atoms with van der Waals surface area (Å²) in [5.41, 5.74) is 0. The van der Waals surface area contributed by atoms with Crippen LogP contribution in [0.5, 0.6) is 0 Å². The third-order valence-corrected chi connectivity index (χ3v) is 2.21. The van der Waals surface area contributed by atoms with Crippen molar-refractivity contribution in [1.29, 1.82) is 0 Å². The zero-order chi connectivity index (χ0) is 7.72. The summed E-state index contributed by atoms with van der Waals surface area (Å²) in [5.74, 6) is 0.943. The van der Waals surface area contributed by atoms with Gasteiger partial charge in [-0.15, -0.1) is 0 Å². The number of hydrogen-bond acceptors (Lipinski definition) is 1. The highest BCUT2D eigenvalue weighted by atomic mass is 16.2. The molecule has 1 aliphatic rings. The molecule has 1 rings (SSSR count). The lowest BCUT2D eigenvalue weighted by atomic mass is 9.91. The van der Waals surface area contributed by atoms with E-state index in [1.165, 1.54) is 0 Å². The van der Waals surface area contributed by atoms with Crippen LogP contribution < -0.4 is 0 Å². The van der Waals surface area contributed by atoms with Crippen LogP contribution in [0.3, 0.4) is 0 Å². The van der Waals surface area contributed by atoms with E-state index in [0.29, 0.717) is 17.9 Å². The maximum absolute atomic E-state index is 10.9. The maximum atomic E-state index is 10.9. The molecule has 0 spiro atoms. The molecule has 1 heterocycles. The first-order valence-corrected chi connectivity index (χ1v) is 3.96. The van der Waals surface area contributed by atoms with Gasteiger partial charge in [0.2, 0.25) is 5.91 Å². The van der Waals surface area contributed by atoms with E-state index in [4.69, 9.17) is 0 Å². The van der Waals surface area contributed by atoms with Gasteiger partial charge in [-0.3, -0.25) is 4.79 Å². The number of hydrogen-bond donors (Lipinski definition) is 0. The fourth-order valence-corrected chi connectivity index (χ4v) is 1.49. The van der Waals surface area contributed by atoms with Crippen LogP contribution in [-0.4, -0.2) is 23.4 Å². The molecule has 0 bridgehead atoms. The molecule has 1 aliphatic heterocycles. The van der Waals surface area contributed by atoms with Gasteiger partial charge in [-0.05, 0) is 12.8 Å². The number of likely N-dealkylation sites (tertiary alicyclic amines) is 1. The van der Waals surface area contributed by atoms with Crippen LogP contribution in [0.4, 0.5) is 0 Å². The van der Waals surface area contributed by atoms with Crippen LogP contribution in [0.2, 0.25) is 0 Å². The van der Waals surface area contributed by atoms with E-state index in [2.05, 4.69) is 13.8 Å². The molecule has 0 N–H and O–H groups in total. The Morgan fingerprint density at radius 2 is 2.30 bits per heavy atom. The van der Waals surface area contributed by atoms with Crippen LogP contribution >= 0.6 is 0 Å². The van der Waals surface area contributed by atoms with E-state index in [1.54, 1.807) is 0 Å². The van der Waals surface area contributed by atoms with Crippen molar-refractivity contribution >= 4 is 5.91 Å². The average Bonchev–Trinajstić information content (AvgIpc) is 1.83. The summed E-state index contributed by atoms with van der Waals surface area (Å²) in [7, 11) is 0. The van der Waals surface area contributed by atoms with Gasteiger partial charge in [0.15, 0.2) is 0 Å². The maximum Gasteiger partial charge on any atom is 0.224 e. The van der Waals surface area contributed by atoms with Crippen LogP contribution in [0.1, 0.15) is 27.2 Å². The van der Waals surface area contributed by atoms with Crippen molar-refractivity contribution in [3.8, 4) is 0 Å². The van der Waals surface area contributed by atoms with Crippen molar-refractivity contribution in [2.75, 3.05) is 6.54 Å². The van der Waals surface area contributed by atoms with Gasteiger partial charge >= 0.3 is 0 Å². The minimum atomic E-state index is 0.321. The predicted octanol–water partition coefficient (Wildman–Crippen LogP) is 1.26. The summed E-state index contributed by atoms with van der Waals surface area (Å²) >= 11 is 0. The predicted molar refractivity (Wildman–Crippen MR) is 40.6 cm³/mol. The minimum absolute atomic E-state index is 0.321. The largest absolute Gasteiger partial charge is 0.339 e. The van der Waals surface area contributed by atoms with E-state index in [-0.39, 0.29) is 0 Å². The van der Waals surface area contributed by atoms with E-state index in [1.807, 2.05) is 11.8 Å². The van der Waals surface area contributed by atoms with Gasteiger partial charge < -0.3 is 4.90 Å². The summed E-state index contributed by atoms with van der Waals surface area (Å²) in [6, 6.07) is 0.525. The first-order valence-electron chi connectivity index (χ1n) is 3.96. The smallest absolute Gasteiger partial charge is 0.224 e. The summed E-state index contributed by atoms with van der Waals surface area (Å²) in [4.78, 5) is 12.9. The van der Waals surface area contributed by atoms with E-state index < -0.39 is 0 Å². The lowest BCUT2D eigenvalue weighted by Crippen LogP contribution is -2.54. The Kier molecular flexibility index (Phi) is 1.97. The van der Waals surface area contributed by atoms with Gasteiger partial charge in [0.05, 0.1) is 0 Å². The van der Waals surface area contributed by atoms with Crippen LogP contribution in [0, 0.1) is 5.92 Å². The molecule has 1 amide bonds. The van der Waals surface area contributed by atoms with Gasteiger partial charge in [0.25, 0.3) is 0 Å². The molecule has 0 saturated carbocycles. The van der Waals surface area contributed by atoms with E-state index in [9.17, 15) is 4.79 Å². The molecule has 0 aromatic heterocycles. The molecule has 2 heteroatoms. The zero-order valence-corrected chi connectivity index (χ0v) is 6.92. The molecule has 10 heavy (non-hydrogen) atoms. The van der Waals surface area contributed by atoms with Crippen LogP contribution in [-0.2, 0) is 4.79 Å². The number of amides is 1. The molecule has 58 valence electrons. The van der Waals surface area contributed by atoms with Gasteiger partial charge in [0, 0.05) is 19.0 Å². The lowest BCUT2D eigenvalue weighted by molar-refractivity contribution is -0.147. The summed E-state index contributed by atoms with van der Waals surface area (Å²) < 4.78 is 0. The van der Waals surface area contributed by atoms with Crippen molar-refractivity contribution in [2.45, 2.75) is 33.2 Å². The number of nitrogens with zero attached hydrogens (tertiary/aromatic N) is 1. The molecule has 1 fully saturated rings. The Morgan fingerprint density at radius 1 is 1.70 bits per heavy atom. The fourth-order valence-electron chi connectivity index (χ4n) is 1.49. The SMILES string of the molecule is CCN1C(=O)CC1C(C)C. The van der Waals surface area contributed by atoms with Crippen molar-refractivity contribution in [3.05, 3.63) is 0 Å². The molecule has 0 aromatic carbocycles. The summed E-state index contributed by atoms with van der Waals surface area (Å²) in [5, 5.41) is 0. The molecule has 2 nitrogen and oxygen atoms in total. The van der Waals surface area contributed by atoms with Gasteiger partial charge in [-0.1, -0.05) is 13.8 Å². The van der Waals surface area contributed by atoms with Gasteiger partial charge in [-0.2, -0.15) is 0 Å². The topological polar surface area (TPSA) is 20.3 Å². The number of carbonyl (C=O) groups is 1. The quantitative estimate of drug-likeness (QED) is 0.530. The lowest BCUT2D eigenvalue weighted by Gasteiger charge is -2.42. The van der Waals surface area contributed by atoms with Crippen LogP contribution in [0.25, 0.3) is 0 Å². The first-order chi connectivity index (χ1) is 4.66. The Bertz CT molecular complexity index is 142. The monoisotopic (exact) mass is 141 g/mol. The number of carbonyl (C=O) groups excluding carboxylic acids is 1. The average molecular weight is 141 g/mol. The van der Waals surface area contributed by atoms with Crippen molar-refractivity contribution in [1.82, 2.24) is 4.90 Å². The molecule has 0 aliphatic carbocycles. The van der Waals surface area contributed by atoms with Crippen molar-refractivity contribution in [3.63, 3.8) is 0 Å². The van der Waals surface area contributed by atoms with Gasteiger partial charge in [-0.25, -0.2) is 0 Å². The normalized spacial score (nSPS) is 25.4. The minimum Gasteiger partial charge on any atom is -0.339 e. The molecule has 0 aromatic rings. The van der Waals surface area contributed by atoms with Gasteiger partial charge in [0.1, 0.15) is 0 Å². The molecule has 1 atom stereocenters. The Morgan fingerprint density at radius 3 is 2.50 bits per heavy atom. The Labute approximate surface area is 62.2 Å². The molecule has 0 radical (unpaired) electrons. The van der Waals surface area contributed by atoms with Crippen molar-refractivity contribution in [2.24, 2.45) is 5.92 Å². The highest BCUT2D eigenvalue weighted by Gasteiger charge is 2.36. The first kappa shape index (κ1) is 7.58. The standard InChI is InChI=1S/C8H15NO/c1-4-9-7(6(2)3)5-8(9)10/h6-7H,4-5H2,1-3H3. The molecule has 1 saturated heterocycles. The van der Waals surface area contributed by atoms with E-state index in [0.717, 1.165) is 13.0 Å². The highest BCUT2D eigenvalue weighted by molar-refractivity contribution is 5.83. The molecular weight excluding hydrogens is 126 g/mol. The second-order valence-corrected chi connectivity index (χ2v) is 3.20. The summed E-state index contributed by atoms with van der Waals surface area (Å²) in [6.07, 6.45) is 0.769. The van der Waals surface area contributed by atoms with Crippen LogP contribution in [0.15, 0.2) is 0 Å². The Balaban J connectivity index is 2.45. The summed E-state index contributed by atoms with van der Waals surface area (Å²) in [6.45, 7) is 7.24. The van der Waals surface area contributed by atoms with E-state index >= 15 is 0 Å². The number of rotatable bonds is 2. The van der Waals surface area contributed by atoms with Crippen molar-refractivity contribution < 1.29 is 4.79 Å². The molecule has 1 unspecified atom stereocenters. The third-order valence-electron chi connectivity index (χ3n) is 2.21. The fraction of sp³-hybridized carbons (Fsp3) is 0.875. The second kappa shape index (κ2) is 2.60.